The van der Waals surface area contributed by atoms with Crippen molar-refractivity contribution in [3.63, 3.8) is 0 Å². The summed E-state index contributed by atoms with van der Waals surface area (Å²) in [6.45, 7) is 10.2. The first kappa shape index (κ1) is 15.9. The molecule has 1 aliphatic carbocycles. The summed E-state index contributed by atoms with van der Waals surface area (Å²) in [4.78, 5) is 2.47. The normalized spacial score (nSPS) is 26.5. The van der Waals surface area contributed by atoms with Gasteiger partial charge in [-0.2, -0.15) is 0 Å². The van der Waals surface area contributed by atoms with Crippen LogP contribution in [0.1, 0.15) is 59.3 Å². The second kappa shape index (κ2) is 8.89. The van der Waals surface area contributed by atoms with Gasteiger partial charge in [0.25, 0.3) is 0 Å². The quantitative estimate of drug-likeness (QED) is 0.700. The van der Waals surface area contributed by atoms with Gasteiger partial charge < -0.3 is 15.3 Å². The summed E-state index contributed by atoms with van der Waals surface area (Å²) in [5, 5.41) is 13.5. The number of nitrogens with one attached hydrogen (secondary N) is 1. The standard InChI is InChI=1S/C15H32N2O/c1-4-17(5-2)12-8-9-13(3)16-14-10-6-7-11-15(14)18/h13-16,18H,4-12H2,1-3H3. The lowest BCUT2D eigenvalue weighted by molar-refractivity contribution is 0.0850. The van der Waals surface area contributed by atoms with E-state index in [0.717, 1.165) is 25.9 Å². The van der Waals surface area contributed by atoms with Crippen LogP contribution in [-0.4, -0.2) is 47.8 Å². The lowest BCUT2D eigenvalue weighted by atomic mass is 9.92. The topological polar surface area (TPSA) is 35.5 Å². The van der Waals surface area contributed by atoms with Gasteiger partial charge in [0.1, 0.15) is 0 Å². The Bertz CT molecular complexity index is 207. The van der Waals surface area contributed by atoms with Crippen molar-refractivity contribution in [2.45, 2.75) is 77.5 Å². The molecule has 2 N–H and O–H groups in total. The Morgan fingerprint density at radius 3 is 2.50 bits per heavy atom. The fourth-order valence-corrected chi connectivity index (χ4v) is 2.92. The second-order valence-corrected chi connectivity index (χ2v) is 5.70. The molecule has 1 saturated carbocycles. The molecule has 3 atom stereocenters. The summed E-state index contributed by atoms with van der Waals surface area (Å²) in [7, 11) is 0. The smallest absolute Gasteiger partial charge is 0.0693 e. The van der Waals surface area contributed by atoms with Gasteiger partial charge in [0.2, 0.25) is 0 Å². The minimum Gasteiger partial charge on any atom is -0.392 e. The van der Waals surface area contributed by atoms with Crippen LogP contribution in [0.25, 0.3) is 0 Å². The summed E-state index contributed by atoms with van der Waals surface area (Å²) >= 11 is 0. The fourth-order valence-electron chi connectivity index (χ4n) is 2.92. The van der Waals surface area contributed by atoms with E-state index in [4.69, 9.17) is 0 Å². The van der Waals surface area contributed by atoms with Crippen molar-refractivity contribution in [1.29, 1.82) is 0 Å². The number of hydrogen-bond acceptors (Lipinski definition) is 3. The van der Waals surface area contributed by atoms with Crippen molar-refractivity contribution in [1.82, 2.24) is 10.2 Å². The van der Waals surface area contributed by atoms with E-state index in [9.17, 15) is 5.11 Å². The molecule has 1 rings (SSSR count). The second-order valence-electron chi connectivity index (χ2n) is 5.70. The molecule has 0 saturated heterocycles. The van der Waals surface area contributed by atoms with Gasteiger partial charge in [-0.1, -0.05) is 26.7 Å². The molecule has 0 heterocycles. The highest BCUT2D eigenvalue weighted by atomic mass is 16.3. The van der Waals surface area contributed by atoms with Gasteiger partial charge in [-0.15, -0.1) is 0 Å². The molecule has 3 nitrogen and oxygen atoms in total. The van der Waals surface area contributed by atoms with E-state index in [1.165, 1.54) is 32.2 Å². The van der Waals surface area contributed by atoms with E-state index in [-0.39, 0.29) is 6.10 Å². The van der Waals surface area contributed by atoms with Crippen LogP contribution >= 0.6 is 0 Å². The maximum Gasteiger partial charge on any atom is 0.0693 e. The highest BCUT2D eigenvalue weighted by Crippen LogP contribution is 2.19. The highest BCUT2D eigenvalue weighted by Gasteiger charge is 2.23. The van der Waals surface area contributed by atoms with Gasteiger partial charge in [0, 0.05) is 12.1 Å². The molecule has 0 radical (unpaired) electrons. The average Bonchev–Trinajstić information content (AvgIpc) is 2.37. The van der Waals surface area contributed by atoms with Gasteiger partial charge in [0.05, 0.1) is 6.10 Å². The van der Waals surface area contributed by atoms with Crippen LogP contribution in [0.4, 0.5) is 0 Å². The molecule has 108 valence electrons. The van der Waals surface area contributed by atoms with E-state index in [1.807, 2.05) is 0 Å². The van der Waals surface area contributed by atoms with Crippen LogP contribution in [-0.2, 0) is 0 Å². The Kier molecular flexibility index (Phi) is 7.87. The van der Waals surface area contributed by atoms with E-state index in [1.54, 1.807) is 0 Å². The summed E-state index contributed by atoms with van der Waals surface area (Å²) in [6.07, 6.45) is 6.91. The fraction of sp³-hybridized carbons (Fsp3) is 1.00. The number of rotatable bonds is 8. The van der Waals surface area contributed by atoms with Crippen LogP contribution in [0.3, 0.4) is 0 Å². The Morgan fingerprint density at radius 2 is 1.89 bits per heavy atom. The molecule has 18 heavy (non-hydrogen) atoms. The Morgan fingerprint density at radius 1 is 1.22 bits per heavy atom. The third-order valence-electron chi connectivity index (χ3n) is 4.23. The average molecular weight is 256 g/mol. The molecule has 3 unspecified atom stereocenters. The van der Waals surface area contributed by atoms with Crippen LogP contribution in [0.15, 0.2) is 0 Å². The predicted octanol–water partition coefficient (Wildman–Crippen LogP) is 2.39. The molecule has 0 aromatic heterocycles. The zero-order chi connectivity index (χ0) is 13.4. The molecule has 1 aliphatic rings. The first-order chi connectivity index (χ1) is 8.67. The predicted molar refractivity (Wildman–Crippen MR) is 77.9 cm³/mol. The third kappa shape index (κ3) is 5.68. The van der Waals surface area contributed by atoms with E-state index >= 15 is 0 Å². The van der Waals surface area contributed by atoms with Crippen molar-refractivity contribution in [3.05, 3.63) is 0 Å². The molecule has 0 bridgehead atoms. The Hall–Kier alpha value is -0.120. The zero-order valence-corrected chi connectivity index (χ0v) is 12.5. The molecular weight excluding hydrogens is 224 g/mol. The number of aliphatic hydroxyl groups excluding tert-OH is 1. The van der Waals surface area contributed by atoms with Crippen LogP contribution < -0.4 is 5.32 Å². The number of nitrogens with zero attached hydrogens (tertiary/aromatic N) is 1. The molecule has 3 heteroatoms. The van der Waals surface area contributed by atoms with Crippen molar-refractivity contribution in [2.75, 3.05) is 19.6 Å². The number of aliphatic hydroxyl groups is 1. The summed E-state index contributed by atoms with van der Waals surface area (Å²) in [6, 6.07) is 0.862. The third-order valence-corrected chi connectivity index (χ3v) is 4.23. The minimum atomic E-state index is -0.121. The SMILES string of the molecule is CCN(CC)CCCC(C)NC1CCCCC1O. The van der Waals surface area contributed by atoms with E-state index in [2.05, 4.69) is 31.0 Å². The first-order valence-electron chi connectivity index (χ1n) is 7.83. The first-order valence-corrected chi connectivity index (χ1v) is 7.83. The van der Waals surface area contributed by atoms with E-state index < -0.39 is 0 Å². The van der Waals surface area contributed by atoms with Crippen molar-refractivity contribution in [2.24, 2.45) is 0 Å². The van der Waals surface area contributed by atoms with Gasteiger partial charge in [-0.3, -0.25) is 0 Å². The molecule has 0 amide bonds. The highest BCUT2D eigenvalue weighted by molar-refractivity contribution is 4.82. The lowest BCUT2D eigenvalue weighted by Gasteiger charge is -2.31. The van der Waals surface area contributed by atoms with Gasteiger partial charge in [0.15, 0.2) is 0 Å². The van der Waals surface area contributed by atoms with E-state index in [0.29, 0.717) is 12.1 Å². The number of hydrogen-bond donors (Lipinski definition) is 2. The molecular formula is C15H32N2O. The van der Waals surface area contributed by atoms with Crippen molar-refractivity contribution >= 4 is 0 Å². The van der Waals surface area contributed by atoms with Gasteiger partial charge in [-0.05, 0) is 52.2 Å². The lowest BCUT2D eigenvalue weighted by Crippen LogP contribution is -2.46. The molecule has 0 aromatic carbocycles. The molecule has 1 fully saturated rings. The zero-order valence-electron chi connectivity index (χ0n) is 12.5. The minimum absolute atomic E-state index is 0.121. The molecule has 0 aliphatic heterocycles. The van der Waals surface area contributed by atoms with Crippen LogP contribution in [0, 0.1) is 0 Å². The van der Waals surface area contributed by atoms with Gasteiger partial charge >= 0.3 is 0 Å². The maximum absolute atomic E-state index is 9.94. The van der Waals surface area contributed by atoms with Gasteiger partial charge in [-0.25, -0.2) is 0 Å². The monoisotopic (exact) mass is 256 g/mol. The Labute approximate surface area is 113 Å². The molecule has 0 spiro atoms. The summed E-state index contributed by atoms with van der Waals surface area (Å²) < 4.78 is 0. The van der Waals surface area contributed by atoms with Crippen LogP contribution in [0.5, 0.6) is 0 Å². The summed E-state index contributed by atoms with van der Waals surface area (Å²) in [5.41, 5.74) is 0. The summed E-state index contributed by atoms with van der Waals surface area (Å²) in [5.74, 6) is 0. The Balaban J connectivity index is 2.14. The van der Waals surface area contributed by atoms with Crippen molar-refractivity contribution in [3.8, 4) is 0 Å². The van der Waals surface area contributed by atoms with Crippen LogP contribution in [0.2, 0.25) is 0 Å². The van der Waals surface area contributed by atoms with Crippen molar-refractivity contribution < 1.29 is 5.11 Å². The maximum atomic E-state index is 9.94. The largest absolute Gasteiger partial charge is 0.392 e. The molecule has 0 aromatic rings.